The highest BCUT2D eigenvalue weighted by atomic mass is 19.1. The molecule has 0 saturated carbocycles. The van der Waals surface area contributed by atoms with Gasteiger partial charge >= 0.3 is 0 Å². The summed E-state index contributed by atoms with van der Waals surface area (Å²) in [5, 5.41) is 14.7. The molecule has 3 aromatic rings. The number of nitrogens with zero attached hydrogens (tertiary/aromatic N) is 3. The van der Waals surface area contributed by atoms with E-state index in [0.717, 1.165) is 16.8 Å². The molecule has 1 aromatic heterocycles. The average molecular weight is 413 g/mol. The van der Waals surface area contributed by atoms with E-state index in [0.29, 0.717) is 37.9 Å². The first-order chi connectivity index (χ1) is 14.5. The van der Waals surface area contributed by atoms with Gasteiger partial charge in [0.25, 0.3) is 0 Å². The van der Waals surface area contributed by atoms with Gasteiger partial charge in [-0.2, -0.15) is 5.10 Å². The zero-order valence-electron chi connectivity index (χ0n) is 17.6. The molecule has 160 valence electrons. The van der Waals surface area contributed by atoms with E-state index >= 15 is 0 Å². The molecule has 0 unspecified atom stereocenters. The largest absolute Gasteiger partial charge is 0.439 e. The van der Waals surface area contributed by atoms with Crippen molar-refractivity contribution in [2.75, 3.05) is 26.8 Å². The fraction of sp³-hybridized carbons (Fsp3) is 0.348. The zero-order valence-corrected chi connectivity index (χ0v) is 17.6. The number of hydrogen-bond donors (Lipinski definition) is 1. The molecule has 0 amide bonds. The molecule has 0 fully saturated rings. The van der Waals surface area contributed by atoms with Crippen LogP contribution >= 0.6 is 0 Å². The Bertz CT molecular complexity index is 927. The van der Waals surface area contributed by atoms with Gasteiger partial charge in [-0.1, -0.05) is 30.3 Å². The molecular weight excluding hydrogens is 385 g/mol. The molecule has 2 aromatic carbocycles. The number of rotatable bonds is 10. The first-order valence-electron chi connectivity index (χ1n) is 9.92. The van der Waals surface area contributed by atoms with Crippen LogP contribution in [0.2, 0.25) is 0 Å². The van der Waals surface area contributed by atoms with E-state index in [1.807, 2.05) is 37.4 Å². The van der Waals surface area contributed by atoms with Crippen molar-refractivity contribution in [1.82, 2.24) is 14.7 Å². The first kappa shape index (κ1) is 22.0. The summed E-state index contributed by atoms with van der Waals surface area (Å²) >= 11 is 0. The molecule has 0 bridgehead atoms. The predicted octanol–water partition coefficient (Wildman–Crippen LogP) is 3.85. The third-order valence-corrected chi connectivity index (χ3v) is 4.68. The van der Waals surface area contributed by atoms with Crippen LogP contribution in [-0.4, -0.2) is 52.7 Å². The molecule has 30 heavy (non-hydrogen) atoms. The number of aliphatic hydroxyl groups excluding tert-OH is 1. The summed E-state index contributed by atoms with van der Waals surface area (Å²) in [5.41, 5.74) is 2.67. The fourth-order valence-electron chi connectivity index (χ4n) is 3.32. The second-order valence-electron chi connectivity index (χ2n) is 7.25. The van der Waals surface area contributed by atoms with Crippen molar-refractivity contribution in [3.05, 3.63) is 66.0 Å². The minimum atomic E-state index is -0.486. The van der Waals surface area contributed by atoms with Gasteiger partial charge in [0.05, 0.1) is 18.3 Å². The molecule has 6 nitrogen and oxygen atoms in total. The monoisotopic (exact) mass is 413 g/mol. The normalized spacial score (nSPS) is 12.3. The summed E-state index contributed by atoms with van der Waals surface area (Å²) in [5.74, 6) is 0.785. The van der Waals surface area contributed by atoms with Gasteiger partial charge in [-0.25, -0.2) is 9.07 Å². The average Bonchev–Trinajstić information content (AvgIpc) is 3.03. The van der Waals surface area contributed by atoms with Crippen LogP contribution in [0.15, 0.2) is 54.6 Å². The van der Waals surface area contributed by atoms with Crippen LogP contribution in [0.1, 0.15) is 12.5 Å². The summed E-state index contributed by atoms with van der Waals surface area (Å²) in [7, 11) is 3.48. The minimum Gasteiger partial charge on any atom is -0.439 e. The Kier molecular flexibility index (Phi) is 7.57. The Morgan fingerprint density at radius 3 is 2.47 bits per heavy atom. The first-order valence-corrected chi connectivity index (χ1v) is 9.92. The number of aromatic nitrogens is 2. The second-order valence-corrected chi connectivity index (χ2v) is 7.25. The van der Waals surface area contributed by atoms with Crippen molar-refractivity contribution < 1.29 is 19.0 Å². The van der Waals surface area contributed by atoms with E-state index in [9.17, 15) is 9.50 Å². The molecule has 1 N–H and O–H groups in total. The zero-order chi connectivity index (χ0) is 21.5. The summed E-state index contributed by atoms with van der Waals surface area (Å²) in [6, 6.07) is 15.8. The molecular formula is C23H28FN3O3. The van der Waals surface area contributed by atoms with E-state index in [1.165, 1.54) is 12.1 Å². The molecule has 7 heteroatoms. The summed E-state index contributed by atoms with van der Waals surface area (Å²) < 4.78 is 26.4. The van der Waals surface area contributed by atoms with Gasteiger partial charge in [-0.05, 0) is 31.2 Å². The Morgan fingerprint density at radius 1 is 1.13 bits per heavy atom. The third kappa shape index (κ3) is 5.66. The van der Waals surface area contributed by atoms with Crippen LogP contribution < -0.4 is 4.74 Å². The Morgan fingerprint density at radius 2 is 1.83 bits per heavy atom. The minimum absolute atomic E-state index is 0.319. The maximum absolute atomic E-state index is 13.3. The lowest BCUT2D eigenvalue weighted by Gasteiger charge is -2.24. The van der Waals surface area contributed by atoms with Crippen molar-refractivity contribution in [3.63, 3.8) is 0 Å². The van der Waals surface area contributed by atoms with Gasteiger partial charge in [0, 0.05) is 39.4 Å². The lowest BCUT2D eigenvalue weighted by atomic mass is 10.1. The molecule has 0 aliphatic rings. The Labute approximate surface area is 176 Å². The molecule has 3 rings (SSSR count). The van der Waals surface area contributed by atoms with Gasteiger partial charge in [-0.3, -0.25) is 4.90 Å². The number of ether oxygens (including phenoxy) is 2. The Hall–Kier alpha value is -2.74. The third-order valence-electron chi connectivity index (χ3n) is 4.68. The lowest BCUT2D eigenvalue weighted by molar-refractivity contribution is 0.0936. The van der Waals surface area contributed by atoms with Crippen LogP contribution in [0, 0.1) is 5.82 Å². The van der Waals surface area contributed by atoms with Crippen LogP contribution in [0.3, 0.4) is 0 Å². The van der Waals surface area contributed by atoms with E-state index in [2.05, 4.69) is 4.90 Å². The number of hydrogen-bond acceptors (Lipinski definition) is 5. The van der Waals surface area contributed by atoms with Crippen LogP contribution in [0.25, 0.3) is 11.3 Å². The highest BCUT2D eigenvalue weighted by Gasteiger charge is 2.22. The smallest absolute Gasteiger partial charge is 0.222 e. The maximum atomic E-state index is 13.3. The van der Waals surface area contributed by atoms with Gasteiger partial charge in [0.15, 0.2) is 0 Å². The molecule has 0 saturated heterocycles. The number of benzene rings is 2. The molecule has 0 aliphatic heterocycles. The van der Waals surface area contributed by atoms with Crippen LogP contribution in [0.5, 0.6) is 11.6 Å². The lowest BCUT2D eigenvalue weighted by Crippen LogP contribution is -2.33. The van der Waals surface area contributed by atoms with Gasteiger partial charge in [-0.15, -0.1) is 0 Å². The quantitative estimate of drug-likeness (QED) is 0.547. The molecule has 0 aliphatic carbocycles. The standard InChI is InChI=1S/C23H28FN3O3/c1-17(28)15-27(13-14-29-3)16-21-22(18-7-5-4-6-8-18)25-26(2)23(21)30-20-11-9-19(24)10-12-20/h4-12,17,28H,13-16H2,1-3H3/t17-/m0/s1. The topological polar surface area (TPSA) is 59.8 Å². The number of methoxy groups -OCH3 is 1. The molecule has 1 heterocycles. The molecule has 0 spiro atoms. The number of halogens is 1. The van der Waals surface area contributed by atoms with E-state index in [4.69, 9.17) is 14.6 Å². The maximum Gasteiger partial charge on any atom is 0.222 e. The highest BCUT2D eigenvalue weighted by Crippen LogP contribution is 2.34. The fourth-order valence-corrected chi connectivity index (χ4v) is 3.32. The Balaban J connectivity index is 2.00. The summed E-state index contributed by atoms with van der Waals surface area (Å²) in [6.45, 7) is 3.96. The van der Waals surface area contributed by atoms with Crippen molar-refractivity contribution in [1.29, 1.82) is 0 Å². The van der Waals surface area contributed by atoms with Crippen molar-refractivity contribution in [3.8, 4) is 22.9 Å². The second kappa shape index (κ2) is 10.3. The van der Waals surface area contributed by atoms with Gasteiger partial charge in [0.1, 0.15) is 17.3 Å². The molecule has 0 radical (unpaired) electrons. The van der Waals surface area contributed by atoms with E-state index in [-0.39, 0.29) is 5.82 Å². The van der Waals surface area contributed by atoms with Crippen LogP contribution in [0.4, 0.5) is 4.39 Å². The van der Waals surface area contributed by atoms with Gasteiger partial charge in [0.2, 0.25) is 5.88 Å². The van der Waals surface area contributed by atoms with E-state index < -0.39 is 6.10 Å². The van der Waals surface area contributed by atoms with E-state index in [1.54, 1.807) is 30.8 Å². The highest BCUT2D eigenvalue weighted by molar-refractivity contribution is 5.65. The van der Waals surface area contributed by atoms with Crippen molar-refractivity contribution in [2.45, 2.75) is 19.6 Å². The number of aliphatic hydroxyl groups is 1. The van der Waals surface area contributed by atoms with Crippen molar-refractivity contribution in [2.24, 2.45) is 7.05 Å². The molecule has 1 atom stereocenters. The summed E-state index contributed by atoms with van der Waals surface area (Å²) in [6.07, 6.45) is -0.486. The number of aryl methyl sites for hydroxylation is 1. The predicted molar refractivity (Wildman–Crippen MR) is 114 cm³/mol. The van der Waals surface area contributed by atoms with Crippen LogP contribution in [-0.2, 0) is 18.3 Å². The SMILES string of the molecule is COCCN(Cc1c(-c2ccccc2)nn(C)c1Oc1ccc(F)cc1)C[C@H](C)O. The summed E-state index contributed by atoms with van der Waals surface area (Å²) in [4.78, 5) is 2.11. The van der Waals surface area contributed by atoms with Gasteiger partial charge < -0.3 is 14.6 Å². The van der Waals surface area contributed by atoms with Crippen molar-refractivity contribution >= 4 is 0 Å².